The van der Waals surface area contributed by atoms with Crippen LogP contribution < -0.4 is 10.2 Å². The predicted octanol–water partition coefficient (Wildman–Crippen LogP) is 2.91. The van der Waals surface area contributed by atoms with Gasteiger partial charge in [0.2, 0.25) is 5.91 Å². The molecule has 1 aromatic carbocycles. The first-order valence-electron chi connectivity index (χ1n) is 9.43. The van der Waals surface area contributed by atoms with Crippen LogP contribution in [0.4, 0.5) is 5.69 Å². The number of hydrogen-bond donors (Lipinski definition) is 1. The molecule has 1 aliphatic heterocycles. The van der Waals surface area contributed by atoms with Crippen LogP contribution in [0.2, 0.25) is 0 Å². The van der Waals surface area contributed by atoms with Crippen molar-refractivity contribution in [2.75, 3.05) is 37.6 Å². The van der Waals surface area contributed by atoms with E-state index >= 15 is 0 Å². The van der Waals surface area contributed by atoms with Gasteiger partial charge in [-0.05, 0) is 56.4 Å². The third kappa shape index (κ3) is 5.48. The van der Waals surface area contributed by atoms with E-state index in [2.05, 4.69) is 36.2 Å². The number of carbonyl (C=O) groups excluding carboxylic acids is 2. The fraction of sp³-hybridized carbons (Fsp3) is 0.600. The molecule has 5 heteroatoms. The fourth-order valence-electron chi connectivity index (χ4n) is 3.37. The van der Waals surface area contributed by atoms with Crippen molar-refractivity contribution in [3.05, 3.63) is 29.8 Å². The van der Waals surface area contributed by atoms with Gasteiger partial charge in [0, 0.05) is 50.9 Å². The SMILES string of the molecule is CCCN(CC)c1ccc(C(=O)N2CCC(CNC(C)=O)CC2)cc1. The van der Waals surface area contributed by atoms with Gasteiger partial charge in [-0.3, -0.25) is 9.59 Å². The summed E-state index contributed by atoms with van der Waals surface area (Å²) in [5.41, 5.74) is 1.94. The molecule has 2 rings (SSSR count). The van der Waals surface area contributed by atoms with E-state index in [9.17, 15) is 9.59 Å². The van der Waals surface area contributed by atoms with Crippen LogP contribution in [0.15, 0.2) is 24.3 Å². The minimum atomic E-state index is 0.0165. The number of likely N-dealkylation sites (tertiary alicyclic amines) is 1. The fourth-order valence-corrected chi connectivity index (χ4v) is 3.37. The second kappa shape index (κ2) is 9.44. The summed E-state index contributed by atoms with van der Waals surface area (Å²) in [5.74, 6) is 0.605. The van der Waals surface area contributed by atoms with Gasteiger partial charge in [-0.25, -0.2) is 0 Å². The molecule has 138 valence electrons. The molecule has 1 aliphatic rings. The van der Waals surface area contributed by atoms with Crippen LogP contribution in [-0.4, -0.2) is 49.4 Å². The monoisotopic (exact) mass is 345 g/mol. The van der Waals surface area contributed by atoms with E-state index in [0.29, 0.717) is 5.92 Å². The molecule has 1 fully saturated rings. The maximum Gasteiger partial charge on any atom is 0.253 e. The van der Waals surface area contributed by atoms with Gasteiger partial charge in [0.1, 0.15) is 0 Å². The van der Waals surface area contributed by atoms with E-state index in [-0.39, 0.29) is 11.8 Å². The molecule has 0 aliphatic carbocycles. The second-order valence-electron chi connectivity index (χ2n) is 6.80. The number of nitrogens with zero attached hydrogens (tertiary/aromatic N) is 2. The summed E-state index contributed by atoms with van der Waals surface area (Å²) in [6, 6.07) is 7.99. The molecule has 0 unspecified atom stereocenters. The van der Waals surface area contributed by atoms with Gasteiger partial charge < -0.3 is 15.1 Å². The van der Waals surface area contributed by atoms with E-state index in [1.54, 1.807) is 6.92 Å². The van der Waals surface area contributed by atoms with Gasteiger partial charge in [0.05, 0.1) is 0 Å². The van der Waals surface area contributed by atoms with Gasteiger partial charge in [-0.2, -0.15) is 0 Å². The van der Waals surface area contributed by atoms with Crippen LogP contribution in [0.5, 0.6) is 0 Å². The predicted molar refractivity (Wildman–Crippen MR) is 102 cm³/mol. The molecule has 25 heavy (non-hydrogen) atoms. The number of hydrogen-bond acceptors (Lipinski definition) is 3. The molecule has 0 bridgehead atoms. The number of rotatable bonds is 7. The molecule has 0 atom stereocenters. The third-order valence-electron chi connectivity index (χ3n) is 4.90. The van der Waals surface area contributed by atoms with Crippen molar-refractivity contribution in [1.29, 1.82) is 0 Å². The van der Waals surface area contributed by atoms with Crippen molar-refractivity contribution in [2.45, 2.75) is 40.0 Å². The lowest BCUT2D eigenvalue weighted by Gasteiger charge is -2.32. The Morgan fingerprint density at radius 1 is 1.16 bits per heavy atom. The molecular formula is C20H31N3O2. The first-order valence-corrected chi connectivity index (χ1v) is 9.43. The van der Waals surface area contributed by atoms with Crippen LogP contribution in [-0.2, 0) is 4.79 Å². The molecule has 1 N–H and O–H groups in total. The van der Waals surface area contributed by atoms with E-state index in [0.717, 1.165) is 57.5 Å². The topological polar surface area (TPSA) is 52.7 Å². The summed E-state index contributed by atoms with van der Waals surface area (Å²) < 4.78 is 0. The highest BCUT2D eigenvalue weighted by atomic mass is 16.2. The quantitative estimate of drug-likeness (QED) is 0.827. The molecule has 0 saturated carbocycles. The van der Waals surface area contributed by atoms with Gasteiger partial charge >= 0.3 is 0 Å². The minimum absolute atomic E-state index is 0.0165. The number of amides is 2. The Bertz CT molecular complexity index is 563. The Labute approximate surface area is 151 Å². The van der Waals surface area contributed by atoms with Crippen molar-refractivity contribution in [3.8, 4) is 0 Å². The summed E-state index contributed by atoms with van der Waals surface area (Å²) in [5, 5.41) is 2.88. The third-order valence-corrected chi connectivity index (χ3v) is 4.90. The maximum atomic E-state index is 12.7. The van der Waals surface area contributed by atoms with Crippen molar-refractivity contribution >= 4 is 17.5 Å². The van der Waals surface area contributed by atoms with Crippen LogP contribution in [0.1, 0.15) is 50.4 Å². The molecule has 0 aromatic heterocycles. The molecule has 1 heterocycles. The molecule has 1 aromatic rings. The summed E-state index contributed by atoms with van der Waals surface area (Å²) in [6.45, 7) is 10.1. The number of nitrogens with one attached hydrogen (secondary N) is 1. The summed E-state index contributed by atoms with van der Waals surface area (Å²) >= 11 is 0. The van der Waals surface area contributed by atoms with Crippen molar-refractivity contribution < 1.29 is 9.59 Å². The molecule has 2 amide bonds. The van der Waals surface area contributed by atoms with Crippen LogP contribution in [0.25, 0.3) is 0 Å². The maximum absolute atomic E-state index is 12.7. The standard InChI is InChI=1S/C20H31N3O2/c1-4-12-22(5-2)19-8-6-18(7-9-19)20(25)23-13-10-17(11-14-23)15-21-16(3)24/h6-9,17H,4-5,10-15H2,1-3H3,(H,21,24). The average molecular weight is 345 g/mol. The lowest BCUT2D eigenvalue weighted by atomic mass is 9.96. The molecule has 0 spiro atoms. The number of carbonyl (C=O) groups is 2. The highest BCUT2D eigenvalue weighted by molar-refractivity contribution is 5.94. The Morgan fingerprint density at radius 2 is 1.80 bits per heavy atom. The first-order chi connectivity index (χ1) is 12.0. The van der Waals surface area contributed by atoms with Gasteiger partial charge in [-0.1, -0.05) is 6.92 Å². The lowest BCUT2D eigenvalue weighted by molar-refractivity contribution is -0.119. The Hall–Kier alpha value is -2.04. The zero-order chi connectivity index (χ0) is 18.2. The number of benzene rings is 1. The highest BCUT2D eigenvalue weighted by Crippen LogP contribution is 2.20. The second-order valence-corrected chi connectivity index (χ2v) is 6.80. The molecule has 5 nitrogen and oxygen atoms in total. The van der Waals surface area contributed by atoms with E-state index in [4.69, 9.17) is 0 Å². The molecule has 0 radical (unpaired) electrons. The van der Waals surface area contributed by atoms with Gasteiger partial charge in [0.15, 0.2) is 0 Å². The largest absolute Gasteiger partial charge is 0.372 e. The van der Waals surface area contributed by atoms with Gasteiger partial charge in [-0.15, -0.1) is 0 Å². The zero-order valence-corrected chi connectivity index (χ0v) is 15.8. The van der Waals surface area contributed by atoms with Gasteiger partial charge in [0.25, 0.3) is 5.91 Å². The minimum Gasteiger partial charge on any atom is -0.372 e. The average Bonchev–Trinajstić information content (AvgIpc) is 2.64. The zero-order valence-electron chi connectivity index (χ0n) is 15.8. The van der Waals surface area contributed by atoms with E-state index in [1.807, 2.05) is 17.0 Å². The van der Waals surface area contributed by atoms with E-state index in [1.165, 1.54) is 5.69 Å². The molecular weight excluding hydrogens is 314 g/mol. The first kappa shape index (κ1) is 19.3. The van der Waals surface area contributed by atoms with Crippen LogP contribution in [0.3, 0.4) is 0 Å². The highest BCUT2D eigenvalue weighted by Gasteiger charge is 2.23. The summed E-state index contributed by atoms with van der Waals surface area (Å²) in [7, 11) is 0. The van der Waals surface area contributed by atoms with Crippen LogP contribution >= 0.6 is 0 Å². The Kier molecular flexibility index (Phi) is 7.29. The lowest BCUT2D eigenvalue weighted by Crippen LogP contribution is -2.41. The Balaban J connectivity index is 1.90. The number of piperidine rings is 1. The summed E-state index contributed by atoms with van der Waals surface area (Å²) in [6.07, 6.45) is 3.01. The Morgan fingerprint density at radius 3 is 2.32 bits per heavy atom. The normalized spacial score (nSPS) is 15.1. The van der Waals surface area contributed by atoms with E-state index < -0.39 is 0 Å². The summed E-state index contributed by atoms with van der Waals surface area (Å²) in [4.78, 5) is 27.9. The van der Waals surface area contributed by atoms with Crippen molar-refractivity contribution in [1.82, 2.24) is 10.2 Å². The van der Waals surface area contributed by atoms with Crippen LogP contribution in [0, 0.1) is 5.92 Å². The number of anilines is 1. The smallest absolute Gasteiger partial charge is 0.253 e. The van der Waals surface area contributed by atoms with Crippen molar-refractivity contribution in [3.63, 3.8) is 0 Å². The van der Waals surface area contributed by atoms with Crippen molar-refractivity contribution in [2.24, 2.45) is 5.92 Å². The molecule has 1 saturated heterocycles.